The number of halogens is 2. The summed E-state index contributed by atoms with van der Waals surface area (Å²) in [5, 5.41) is 3.01. The normalized spacial score (nSPS) is 20.8. The van der Waals surface area contributed by atoms with Crippen molar-refractivity contribution in [3.63, 3.8) is 0 Å². The van der Waals surface area contributed by atoms with Gasteiger partial charge in [0.1, 0.15) is 6.04 Å². The smallest absolute Gasteiger partial charge is 0.242 e. The van der Waals surface area contributed by atoms with E-state index < -0.39 is 17.7 Å². The number of nitrogens with zero attached hydrogens (tertiary/aromatic N) is 2. The Labute approximate surface area is 181 Å². The molecule has 1 N–H and O–H groups in total. The molecule has 2 fully saturated rings. The molecule has 0 bridgehead atoms. The molecule has 2 aliphatic heterocycles. The van der Waals surface area contributed by atoms with E-state index in [1.807, 2.05) is 35.2 Å². The number of carbonyl (C=O) groups is 2. The van der Waals surface area contributed by atoms with Gasteiger partial charge in [0.05, 0.1) is 6.42 Å². The van der Waals surface area contributed by atoms with E-state index in [0.717, 1.165) is 31.0 Å². The van der Waals surface area contributed by atoms with Crippen LogP contribution in [0.4, 0.5) is 14.5 Å². The molecule has 2 amide bonds. The number of rotatable bonds is 6. The summed E-state index contributed by atoms with van der Waals surface area (Å²) in [6.45, 7) is 2.52. The van der Waals surface area contributed by atoms with Crippen LogP contribution in [0.2, 0.25) is 0 Å². The van der Waals surface area contributed by atoms with Crippen LogP contribution in [-0.2, 0) is 16.0 Å². The minimum atomic E-state index is -0.852. The zero-order chi connectivity index (χ0) is 21.8. The average Bonchev–Trinajstić information content (AvgIpc) is 3.45. The fourth-order valence-corrected chi connectivity index (χ4v) is 4.49. The van der Waals surface area contributed by atoms with E-state index in [1.54, 1.807) is 11.0 Å². The van der Waals surface area contributed by atoms with E-state index in [0.29, 0.717) is 38.2 Å². The minimum Gasteiger partial charge on any atom is -0.371 e. The third-order valence-electron chi connectivity index (χ3n) is 6.19. The molecule has 31 heavy (non-hydrogen) atoms. The van der Waals surface area contributed by atoms with Crippen molar-refractivity contribution in [3.05, 3.63) is 65.7 Å². The van der Waals surface area contributed by atoms with Crippen molar-refractivity contribution >= 4 is 17.5 Å². The highest BCUT2D eigenvalue weighted by Gasteiger charge is 2.34. The van der Waals surface area contributed by atoms with Gasteiger partial charge in [-0.05, 0) is 42.9 Å². The first kappa shape index (κ1) is 21.3. The van der Waals surface area contributed by atoms with Gasteiger partial charge >= 0.3 is 0 Å². The van der Waals surface area contributed by atoms with Crippen LogP contribution >= 0.6 is 0 Å². The van der Waals surface area contributed by atoms with Gasteiger partial charge in [-0.25, -0.2) is 8.78 Å². The molecule has 7 heteroatoms. The second-order valence-electron chi connectivity index (χ2n) is 8.35. The molecular weight excluding hydrogens is 400 g/mol. The fraction of sp³-hybridized carbons (Fsp3) is 0.417. The predicted octanol–water partition coefficient (Wildman–Crippen LogP) is 3.14. The number of likely N-dealkylation sites (tertiary alicyclic amines) is 1. The Balaban J connectivity index is 1.28. The molecule has 2 aromatic carbocycles. The van der Waals surface area contributed by atoms with Gasteiger partial charge in [-0.2, -0.15) is 0 Å². The Bertz CT molecular complexity index is 938. The first-order valence-corrected chi connectivity index (χ1v) is 10.8. The summed E-state index contributed by atoms with van der Waals surface area (Å²) in [5.41, 5.74) is 1.60. The largest absolute Gasteiger partial charge is 0.371 e. The van der Waals surface area contributed by atoms with E-state index in [9.17, 15) is 18.4 Å². The van der Waals surface area contributed by atoms with Gasteiger partial charge in [0.15, 0.2) is 11.6 Å². The third kappa shape index (κ3) is 5.03. The van der Waals surface area contributed by atoms with E-state index in [-0.39, 0.29) is 17.7 Å². The molecule has 2 heterocycles. The minimum absolute atomic E-state index is 0.0192. The summed E-state index contributed by atoms with van der Waals surface area (Å²) < 4.78 is 26.7. The van der Waals surface area contributed by atoms with E-state index in [2.05, 4.69) is 5.32 Å². The Morgan fingerprint density at radius 1 is 1.00 bits per heavy atom. The second-order valence-corrected chi connectivity index (χ2v) is 8.35. The summed E-state index contributed by atoms with van der Waals surface area (Å²) in [7, 11) is 0. The van der Waals surface area contributed by atoms with Crippen molar-refractivity contribution in [2.75, 3.05) is 31.1 Å². The molecule has 0 saturated carbocycles. The lowest BCUT2D eigenvalue weighted by Crippen LogP contribution is -2.47. The molecule has 5 nitrogen and oxygen atoms in total. The van der Waals surface area contributed by atoms with Crippen LogP contribution in [0.3, 0.4) is 0 Å². The molecule has 0 aromatic heterocycles. The zero-order valence-electron chi connectivity index (χ0n) is 17.4. The van der Waals surface area contributed by atoms with Gasteiger partial charge < -0.3 is 15.1 Å². The van der Waals surface area contributed by atoms with Crippen LogP contribution in [-0.4, -0.2) is 48.9 Å². The van der Waals surface area contributed by atoms with Crippen molar-refractivity contribution in [1.82, 2.24) is 10.2 Å². The van der Waals surface area contributed by atoms with Gasteiger partial charge in [-0.3, -0.25) is 9.59 Å². The molecule has 2 atom stereocenters. The second kappa shape index (κ2) is 9.45. The lowest BCUT2D eigenvalue weighted by Gasteiger charge is -2.25. The SMILES string of the molecule is O=C(NCC1CCN(c2ccc(F)c(F)c2)C1)C1CCCN1C(=O)Cc1ccccc1. The number of carbonyl (C=O) groups excluding carboxylic acids is 2. The first-order chi connectivity index (χ1) is 15.0. The maximum absolute atomic E-state index is 13.5. The Morgan fingerprint density at radius 3 is 2.58 bits per heavy atom. The summed E-state index contributed by atoms with van der Waals surface area (Å²) in [6, 6.07) is 13.1. The average molecular weight is 427 g/mol. The summed E-state index contributed by atoms with van der Waals surface area (Å²) in [6.07, 6.45) is 2.67. The molecule has 164 valence electrons. The van der Waals surface area contributed by atoms with Gasteiger partial charge in [0.25, 0.3) is 0 Å². The highest BCUT2D eigenvalue weighted by molar-refractivity contribution is 5.89. The predicted molar refractivity (Wildman–Crippen MR) is 115 cm³/mol. The van der Waals surface area contributed by atoms with Gasteiger partial charge in [0.2, 0.25) is 11.8 Å². The van der Waals surface area contributed by atoms with E-state index >= 15 is 0 Å². The monoisotopic (exact) mass is 427 g/mol. The highest BCUT2D eigenvalue weighted by Crippen LogP contribution is 2.25. The Kier molecular flexibility index (Phi) is 6.49. The maximum atomic E-state index is 13.5. The van der Waals surface area contributed by atoms with E-state index in [1.165, 1.54) is 6.07 Å². The molecule has 4 rings (SSSR count). The fourth-order valence-electron chi connectivity index (χ4n) is 4.49. The number of benzene rings is 2. The number of nitrogens with one attached hydrogen (secondary N) is 1. The maximum Gasteiger partial charge on any atom is 0.242 e. The highest BCUT2D eigenvalue weighted by atomic mass is 19.2. The number of amides is 2. The van der Waals surface area contributed by atoms with Crippen LogP contribution in [0.1, 0.15) is 24.8 Å². The van der Waals surface area contributed by atoms with Gasteiger partial charge in [-0.1, -0.05) is 30.3 Å². The summed E-state index contributed by atoms with van der Waals surface area (Å²) >= 11 is 0. The topological polar surface area (TPSA) is 52.7 Å². The van der Waals surface area contributed by atoms with Crippen molar-refractivity contribution in [2.24, 2.45) is 5.92 Å². The number of hydrogen-bond acceptors (Lipinski definition) is 3. The Morgan fingerprint density at radius 2 is 1.81 bits per heavy atom. The van der Waals surface area contributed by atoms with Crippen molar-refractivity contribution in [1.29, 1.82) is 0 Å². The van der Waals surface area contributed by atoms with Crippen LogP contribution < -0.4 is 10.2 Å². The van der Waals surface area contributed by atoms with Crippen LogP contribution in [0.15, 0.2) is 48.5 Å². The molecular formula is C24H27F2N3O2. The van der Waals surface area contributed by atoms with Gasteiger partial charge in [0, 0.05) is 37.9 Å². The first-order valence-electron chi connectivity index (χ1n) is 10.8. The van der Waals surface area contributed by atoms with Gasteiger partial charge in [-0.15, -0.1) is 0 Å². The van der Waals surface area contributed by atoms with Crippen molar-refractivity contribution < 1.29 is 18.4 Å². The van der Waals surface area contributed by atoms with E-state index in [4.69, 9.17) is 0 Å². The zero-order valence-corrected chi connectivity index (χ0v) is 17.4. The van der Waals surface area contributed by atoms with Crippen molar-refractivity contribution in [2.45, 2.75) is 31.7 Å². The lowest BCUT2D eigenvalue weighted by molar-refractivity contribution is -0.138. The number of anilines is 1. The molecule has 0 aliphatic carbocycles. The molecule has 0 radical (unpaired) electrons. The molecule has 0 spiro atoms. The molecule has 2 aromatic rings. The summed E-state index contributed by atoms with van der Waals surface area (Å²) in [4.78, 5) is 29.2. The quantitative estimate of drug-likeness (QED) is 0.771. The molecule has 2 aliphatic rings. The van der Waals surface area contributed by atoms with Crippen LogP contribution in [0.25, 0.3) is 0 Å². The van der Waals surface area contributed by atoms with Crippen molar-refractivity contribution in [3.8, 4) is 0 Å². The molecule has 2 unspecified atom stereocenters. The summed E-state index contributed by atoms with van der Waals surface area (Å²) in [5.74, 6) is -1.60. The van der Waals surface area contributed by atoms with Crippen LogP contribution in [0, 0.1) is 17.6 Å². The third-order valence-corrected chi connectivity index (χ3v) is 6.19. The number of hydrogen-bond donors (Lipinski definition) is 1. The van der Waals surface area contributed by atoms with Crippen LogP contribution in [0.5, 0.6) is 0 Å². The lowest BCUT2D eigenvalue weighted by atomic mass is 10.1. The standard InChI is InChI=1S/C24H27F2N3O2/c25-20-9-8-19(14-21(20)26)28-12-10-18(16-28)15-27-24(31)22-7-4-11-29(22)23(30)13-17-5-2-1-3-6-17/h1-3,5-6,8-9,14,18,22H,4,7,10-13,15-16H2,(H,27,31). The molecule has 2 saturated heterocycles. The Hall–Kier alpha value is -2.96.